The molecule has 2 aliphatic heterocycles. The molecule has 2 atom stereocenters. The highest BCUT2D eigenvalue weighted by Crippen LogP contribution is 2.42. The van der Waals surface area contributed by atoms with Crippen LogP contribution < -0.4 is 5.73 Å². The van der Waals surface area contributed by atoms with E-state index < -0.39 is 0 Å². The van der Waals surface area contributed by atoms with Crippen LogP contribution in [0.4, 0.5) is 0 Å². The van der Waals surface area contributed by atoms with Crippen molar-refractivity contribution in [2.75, 3.05) is 20.6 Å². The molecule has 3 nitrogen and oxygen atoms in total. The second-order valence-electron chi connectivity index (χ2n) is 6.37. The molecule has 0 spiro atoms. The van der Waals surface area contributed by atoms with E-state index in [0.29, 0.717) is 0 Å². The van der Waals surface area contributed by atoms with E-state index in [9.17, 15) is 0 Å². The van der Waals surface area contributed by atoms with Crippen LogP contribution in [-0.4, -0.2) is 48.1 Å². The Morgan fingerprint density at radius 1 is 1.42 bits per heavy atom. The van der Waals surface area contributed by atoms with Crippen LogP contribution >= 0.6 is 11.3 Å². The van der Waals surface area contributed by atoms with Crippen LogP contribution in [0.15, 0.2) is 16.8 Å². The number of hydrogen-bond acceptors (Lipinski definition) is 4. The van der Waals surface area contributed by atoms with Gasteiger partial charge in [-0.15, -0.1) is 0 Å². The minimum atomic E-state index is 0.209. The molecule has 2 fully saturated rings. The van der Waals surface area contributed by atoms with Gasteiger partial charge in [-0.05, 0) is 62.2 Å². The highest BCUT2D eigenvalue weighted by atomic mass is 32.1. The fourth-order valence-corrected chi connectivity index (χ4v) is 4.66. The van der Waals surface area contributed by atoms with Gasteiger partial charge in [0.2, 0.25) is 0 Å². The molecule has 3 heterocycles. The first kappa shape index (κ1) is 13.6. The predicted octanol–water partition coefficient (Wildman–Crippen LogP) is 2.13. The first-order chi connectivity index (χ1) is 9.14. The summed E-state index contributed by atoms with van der Waals surface area (Å²) in [5, 5.41) is 4.42. The molecule has 2 aliphatic rings. The fourth-order valence-electron chi connectivity index (χ4n) is 4.00. The van der Waals surface area contributed by atoms with Crippen LogP contribution in [0.3, 0.4) is 0 Å². The van der Waals surface area contributed by atoms with Gasteiger partial charge in [0.15, 0.2) is 0 Å². The lowest BCUT2D eigenvalue weighted by atomic mass is 9.81. The van der Waals surface area contributed by atoms with Gasteiger partial charge in [0.25, 0.3) is 0 Å². The van der Waals surface area contributed by atoms with Crippen molar-refractivity contribution >= 4 is 11.3 Å². The quantitative estimate of drug-likeness (QED) is 0.916. The molecular formula is C15H25N3S. The van der Waals surface area contributed by atoms with E-state index in [1.54, 1.807) is 11.3 Å². The third-order valence-corrected chi connectivity index (χ3v) is 6.14. The lowest BCUT2D eigenvalue weighted by molar-refractivity contribution is 0.0118. The molecule has 4 heteroatoms. The van der Waals surface area contributed by atoms with Gasteiger partial charge in [-0.25, -0.2) is 0 Å². The number of likely N-dealkylation sites (N-methyl/N-ethyl adjacent to an activating group) is 1. The monoisotopic (exact) mass is 279 g/mol. The number of piperidine rings is 1. The lowest BCUT2D eigenvalue weighted by Gasteiger charge is -2.49. The first-order valence-electron chi connectivity index (χ1n) is 7.29. The maximum atomic E-state index is 6.21. The largest absolute Gasteiger partial charge is 0.329 e. The highest BCUT2D eigenvalue weighted by molar-refractivity contribution is 7.07. The van der Waals surface area contributed by atoms with Crippen LogP contribution in [0, 0.1) is 0 Å². The van der Waals surface area contributed by atoms with E-state index in [2.05, 4.69) is 40.7 Å². The molecule has 2 saturated heterocycles. The standard InChI is InChI=1S/C15H25N3S/c1-17(9-12-5-6-19-10-12)15(11-16)7-13-3-4-14(8-15)18(13)2/h5-6,10,13-14H,3-4,7-9,11,16H2,1-2H3. The van der Waals surface area contributed by atoms with Crippen molar-refractivity contribution < 1.29 is 0 Å². The van der Waals surface area contributed by atoms with Gasteiger partial charge in [0, 0.05) is 30.7 Å². The summed E-state index contributed by atoms with van der Waals surface area (Å²) in [4.78, 5) is 5.11. The molecule has 0 aliphatic carbocycles. The zero-order chi connectivity index (χ0) is 13.5. The average Bonchev–Trinajstić information content (AvgIpc) is 2.96. The lowest BCUT2D eigenvalue weighted by Crippen LogP contribution is -2.60. The smallest absolute Gasteiger partial charge is 0.0361 e. The van der Waals surface area contributed by atoms with Gasteiger partial charge in [-0.2, -0.15) is 11.3 Å². The van der Waals surface area contributed by atoms with Crippen molar-refractivity contribution in [1.82, 2.24) is 9.80 Å². The number of thiophene rings is 1. The molecular weight excluding hydrogens is 254 g/mol. The molecule has 0 amide bonds. The Morgan fingerprint density at radius 2 is 2.11 bits per heavy atom. The molecule has 2 bridgehead atoms. The van der Waals surface area contributed by atoms with E-state index in [4.69, 9.17) is 5.73 Å². The average molecular weight is 279 g/mol. The van der Waals surface area contributed by atoms with Crippen molar-refractivity contribution in [3.8, 4) is 0 Å². The number of nitrogens with zero attached hydrogens (tertiary/aromatic N) is 2. The van der Waals surface area contributed by atoms with Crippen molar-refractivity contribution in [2.24, 2.45) is 5.73 Å². The molecule has 3 rings (SSSR count). The van der Waals surface area contributed by atoms with Gasteiger partial charge < -0.3 is 10.6 Å². The third kappa shape index (κ3) is 2.35. The molecule has 19 heavy (non-hydrogen) atoms. The normalized spacial score (nSPS) is 35.2. The van der Waals surface area contributed by atoms with E-state index in [1.165, 1.54) is 31.2 Å². The molecule has 2 N–H and O–H groups in total. The van der Waals surface area contributed by atoms with Gasteiger partial charge in [0.05, 0.1) is 0 Å². The van der Waals surface area contributed by atoms with Gasteiger partial charge in [0.1, 0.15) is 0 Å². The summed E-state index contributed by atoms with van der Waals surface area (Å²) in [6, 6.07) is 3.72. The number of hydrogen-bond donors (Lipinski definition) is 1. The summed E-state index contributed by atoms with van der Waals surface area (Å²) in [6.45, 7) is 1.82. The maximum absolute atomic E-state index is 6.21. The third-order valence-electron chi connectivity index (χ3n) is 5.41. The summed E-state index contributed by atoms with van der Waals surface area (Å²) >= 11 is 1.78. The minimum Gasteiger partial charge on any atom is -0.329 e. The molecule has 0 saturated carbocycles. The van der Waals surface area contributed by atoms with Gasteiger partial charge in [-0.3, -0.25) is 4.90 Å². The van der Waals surface area contributed by atoms with Crippen LogP contribution in [0.5, 0.6) is 0 Å². The van der Waals surface area contributed by atoms with Crippen LogP contribution in [-0.2, 0) is 6.54 Å². The molecule has 0 aromatic carbocycles. The maximum Gasteiger partial charge on any atom is 0.0361 e. The molecule has 1 aromatic heterocycles. The van der Waals surface area contributed by atoms with E-state index in [-0.39, 0.29) is 5.54 Å². The van der Waals surface area contributed by atoms with Crippen molar-refractivity contribution in [3.05, 3.63) is 22.4 Å². The molecule has 0 radical (unpaired) electrons. The number of nitrogens with two attached hydrogens (primary N) is 1. The summed E-state index contributed by atoms with van der Waals surface area (Å²) in [5.74, 6) is 0. The zero-order valence-electron chi connectivity index (χ0n) is 12.0. The van der Waals surface area contributed by atoms with Crippen LogP contribution in [0.1, 0.15) is 31.2 Å². The molecule has 2 unspecified atom stereocenters. The SMILES string of the molecule is CN1C2CCC1CC(CN)(N(C)Cc1ccsc1)C2. The van der Waals surface area contributed by atoms with Gasteiger partial charge >= 0.3 is 0 Å². The van der Waals surface area contributed by atoms with Crippen LogP contribution in [0.2, 0.25) is 0 Å². The van der Waals surface area contributed by atoms with E-state index in [1.807, 2.05) is 0 Å². The van der Waals surface area contributed by atoms with E-state index in [0.717, 1.165) is 25.2 Å². The Labute approximate surface area is 120 Å². The first-order valence-corrected chi connectivity index (χ1v) is 8.23. The van der Waals surface area contributed by atoms with Crippen molar-refractivity contribution in [1.29, 1.82) is 0 Å². The van der Waals surface area contributed by atoms with Crippen molar-refractivity contribution in [2.45, 2.75) is 49.9 Å². The second-order valence-corrected chi connectivity index (χ2v) is 7.15. The Balaban J connectivity index is 1.76. The predicted molar refractivity (Wildman–Crippen MR) is 81.4 cm³/mol. The zero-order valence-corrected chi connectivity index (χ0v) is 12.8. The van der Waals surface area contributed by atoms with E-state index >= 15 is 0 Å². The summed E-state index contributed by atoms with van der Waals surface area (Å²) in [7, 11) is 4.55. The Morgan fingerprint density at radius 3 is 2.63 bits per heavy atom. The Kier molecular flexibility index (Phi) is 3.69. The summed E-state index contributed by atoms with van der Waals surface area (Å²) < 4.78 is 0. The highest BCUT2D eigenvalue weighted by Gasteiger charge is 2.48. The summed E-state index contributed by atoms with van der Waals surface area (Å²) in [6.07, 6.45) is 5.18. The molecule has 106 valence electrons. The number of fused-ring (bicyclic) bond motifs is 2. The van der Waals surface area contributed by atoms with Crippen molar-refractivity contribution in [3.63, 3.8) is 0 Å². The van der Waals surface area contributed by atoms with Crippen LogP contribution in [0.25, 0.3) is 0 Å². The number of rotatable bonds is 4. The fraction of sp³-hybridized carbons (Fsp3) is 0.733. The topological polar surface area (TPSA) is 32.5 Å². The Hall–Kier alpha value is -0.420. The summed E-state index contributed by atoms with van der Waals surface area (Å²) in [5.41, 5.74) is 7.84. The minimum absolute atomic E-state index is 0.209. The second kappa shape index (κ2) is 5.17. The van der Waals surface area contributed by atoms with Gasteiger partial charge in [-0.1, -0.05) is 0 Å². The molecule has 1 aromatic rings. The Bertz CT molecular complexity index is 403.